The average molecular weight is 423 g/mol. The molecule has 160 valence electrons. The number of aromatic amines is 1. The lowest BCUT2D eigenvalue weighted by atomic mass is 9.99. The van der Waals surface area contributed by atoms with Crippen molar-refractivity contribution in [2.24, 2.45) is 0 Å². The van der Waals surface area contributed by atoms with E-state index in [2.05, 4.69) is 15.5 Å². The maximum atomic E-state index is 12.8. The van der Waals surface area contributed by atoms with Gasteiger partial charge in [-0.1, -0.05) is 36.4 Å². The molecule has 31 heavy (non-hydrogen) atoms. The third kappa shape index (κ3) is 5.14. The van der Waals surface area contributed by atoms with Gasteiger partial charge in [0, 0.05) is 11.1 Å². The Kier molecular flexibility index (Phi) is 6.46. The second-order valence-corrected chi connectivity index (χ2v) is 7.05. The summed E-state index contributed by atoms with van der Waals surface area (Å²) in [4.78, 5) is 35.3. The fraction of sp³-hybridized carbons (Fsp3) is 0.182. The van der Waals surface area contributed by atoms with E-state index < -0.39 is 30.0 Å². The number of carboxylic acids is 2. The number of aliphatic hydroxyl groups excluding tert-OH is 1. The van der Waals surface area contributed by atoms with E-state index in [1.807, 2.05) is 6.07 Å². The van der Waals surface area contributed by atoms with Gasteiger partial charge in [0.05, 0.1) is 11.7 Å². The van der Waals surface area contributed by atoms with E-state index in [-0.39, 0.29) is 17.7 Å². The van der Waals surface area contributed by atoms with Crippen LogP contribution in [0.1, 0.15) is 32.0 Å². The standard InChI is InChI=1S/C22H21N3O6/c1-12-7-8-14(10-15(12)16-11-18(21(28)29)25-24-16)20(27)23-17(19(26)22(30)31)9-13-5-3-2-4-6-13/h2-8,10-11,17,19,26H,9H2,1H3,(H,23,27)(H,24,25)(H,28,29)(H,30,31)/t17-,19-/m1/s1. The Labute approximate surface area is 177 Å². The number of carboxylic acid groups (broad SMARTS) is 2. The predicted octanol–water partition coefficient (Wildman–Crippen LogP) is 1.87. The number of carbonyl (C=O) groups is 3. The molecule has 9 heteroatoms. The van der Waals surface area contributed by atoms with Crippen LogP contribution in [0.4, 0.5) is 0 Å². The van der Waals surface area contributed by atoms with E-state index in [0.29, 0.717) is 11.3 Å². The molecule has 0 radical (unpaired) electrons. The molecule has 2 aromatic carbocycles. The van der Waals surface area contributed by atoms with Crippen LogP contribution in [0.2, 0.25) is 0 Å². The number of benzene rings is 2. The SMILES string of the molecule is Cc1ccc(C(=O)N[C@H](Cc2ccccc2)[C@@H](O)C(=O)O)cc1-c1cc(C(=O)O)[nH]n1. The van der Waals surface area contributed by atoms with Gasteiger partial charge in [0.25, 0.3) is 5.91 Å². The lowest BCUT2D eigenvalue weighted by Crippen LogP contribution is -2.48. The van der Waals surface area contributed by atoms with Gasteiger partial charge >= 0.3 is 11.9 Å². The van der Waals surface area contributed by atoms with Crippen molar-refractivity contribution in [1.29, 1.82) is 0 Å². The summed E-state index contributed by atoms with van der Waals surface area (Å²) in [5.74, 6) is -3.17. The molecule has 3 aromatic rings. The summed E-state index contributed by atoms with van der Waals surface area (Å²) in [5, 5.41) is 37.4. The molecule has 1 heterocycles. The fourth-order valence-electron chi connectivity index (χ4n) is 3.14. The molecule has 1 aromatic heterocycles. The summed E-state index contributed by atoms with van der Waals surface area (Å²) in [6.07, 6.45) is -1.67. The Morgan fingerprint density at radius 1 is 1.06 bits per heavy atom. The van der Waals surface area contributed by atoms with Crippen molar-refractivity contribution in [2.75, 3.05) is 0 Å². The molecule has 0 spiro atoms. The summed E-state index contributed by atoms with van der Waals surface area (Å²) in [7, 11) is 0. The maximum Gasteiger partial charge on any atom is 0.353 e. The molecule has 0 aliphatic heterocycles. The van der Waals surface area contributed by atoms with Crippen LogP contribution >= 0.6 is 0 Å². The van der Waals surface area contributed by atoms with E-state index >= 15 is 0 Å². The molecule has 0 aliphatic carbocycles. The van der Waals surface area contributed by atoms with E-state index in [1.165, 1.54) is 6.07 Å². The molecule has 1 amide bonds. The monoisotopic (exact) mass is 423 g/mol. The van der Waals surface area contributed by atoms with Gasteiger partial charge in [0.2, 0.25) is 0 Å². The van der Waals surface area contributed by atoms with Crippen molar-refractivity contribution in [3.05, 3.63) is 77.0 Å². The van der Waals surface area contributed by atoms with Crippen molar-refractivity contribution in [1.82, 2.24) is 15.5 Å². The zero-order valence-corrected chi connectivity index (χ0v) is 16.6. The zero-order chi connectivity index (χ0) is 22.5. The Balaban J connectivity index is 1.86. The highest BCUT2D eigenvalue weighted by atomic mass is 16.4. The number of aromatic carboxylic acids is 1. The van der Waals surface area contributed by atoms with Gasteiger partial charge < -0.3 is 20.6 Å². The number of aliphatic hydroxyl groups is 1. The second kappa shape index (κ2) is 9.23. The van der Waals surface area contributed by atoms with E-state index in [9.17, 15) is 24.6 Å². The summed E-state index contributed by atoms with van der Waals surface area (Å²) in [6, 6.07) is 14.0. The minimum absolute atomic E-state index is 0.0863. The quantitative estimate of drug-likeness (QED) is 0.371. The topological polar surface area (TPSA) is 153 Å². The van der Waals surface area contributed by atoms with Gasteiger partial charge in [0.1, 0.15) is 5.69 Å². The number of aliphatic carboxylic acids is 1. The van der Waals surface area contributed by atoms with Crippen LogP contribution < -0.4 is 5.32 Å². The normalized spacial score (nSPS) is 12.7. The number of hydrogen-bond acceptors (Lipinski definition) is 5. The van der Waals surface area contributed by atoms with Gasteiger partial charge in [-0.05, 0) is 42.7 Å². The van der Waals surface area contributed by atoms with Crippen LogP contribution in [-0.2, 0) is 11.2 Å². The van der Waals surface area contributed by atoms with E-state index in [0.717, 1.165) is 11.1 Å². The van der Waals surface area contributed by atoms with Crippen molar-refractivity contribution in [3.8, 4) is 11.3 Å². The first-order chi connectivity index (χ1) is 14.8. The molecular weight excluding hydrogens is 402 g/mol. The molecule has 0 unspecified atom stereocenters. The number of carbonyl (C=O) groups excluding carboxylic acids is 1. The number of nitrogens with one attached hydrogen (secondary N) is 2. The minimum Gasteiger partial charge on any atom is -0.479 e. The Morgan fingerprint density at radius 2 is 1.77 bits per heavy atom. The molecule has 0 saturated carbocycles. The van der Waals surface area contributed by atoms with Gasteiger partial charge in [0.15, 0.2) is 6.10 Å². The first-order valence-corrected chi connectivity index (χ1v) is 9.41. The van der Waals surface area contributed by atoms with Crippen LogP contribution in [0.3, 0.4) is 0 Å². The molecule has 9 nitrogen and oxygen atoms in total. The van der Waals surface area contributed by atoms with Crippen molar-refractivity contribution < 1.29 is 29.7 Å². The Bertz CT molecular complexity index is 1110. The number of aromatic nitrogens is 2. The molecule has 0 saturated heterocycles. The number of aryl methyl sites for hydroxylation is 1. The van der Waals surface area contributed by atoms with Crippen LogP contribution in [0.5, 0.6) is 0 Å². The minimum atomic E-state index is -1.79. The molecular formula is C22H21N3O6. The molecule has 0 aliphatic rings. The van der Waals surface area contributed by atoms with Gasteiger partial charge in [-0.15, -0.1) is 0 Å². The largest absolute Gasteiger partial charge is 0.479 e. The number of amides is 1. The lowest BCUT2D eigenvalue weighted by molar-refractivity contribution is -0.148. The third-order valence-corrected chi connectivity index (χ3v) is 4.83. The van der Waals surface area contributed by atoms with Crippen LogP contribution in [-0.4, -0.2) is 55.5 Å². The highest BCUT2D eigenvalue weighted by Gasteiger charge is 2.28. The Morgan fingerprint density at radius 3 is 2.39 bits per heavy atom. The van der Waals surface area contributed by atoms with Gasteiger partial charge in [-0.3, -0.25) is 9.89 Å². The van der Waals surface area contributed by atoms with Gasteiger partial charge in [-0.2, -0.15) is 5.10 Å². The summed E-state index contributed by atoms with van der Waals surface area (Å²) >= 11 is 0. The fourth-order valence-corrected chi connectivity index (χ4v) is 3.14. The van der Waals surface area contributed by atoms with Gasteiger partial charge in [-0.25, -0.2) is 9.59 Å². The zero-order valence-electron chi connectivity index (χ0n) is 16.6. The van der Waals surface area contributed by atoms with E-state index in [4.69, 9.17) is 5.11 Å². The molecule has 2 atom stereocenters. The highest BCUT2D eigenvalue weighted by Crippen LogP contribution is 2.24. The third-order valence-electron chi connectivity index (χ3n) is 4.83. The van der Waals surface area contributed by atoms with Crippen molar-refractivity contribution in [2.45, 2.75) is 25.5 Å². The molecule has 0 fully saturated rings. The summed E-state index contributed by atoms with van der Waals surface area (Å²) in [5.41, 5.74) is 2.57. The lowest BCUT2D eigenvalue weighted by Gasteiger charge is -2.22. The summed E-state index contributed by atoms with van der Waals surface area (Å²) < 4.78 is 0. The molecule has 5 N–H and O–H groups in total. The second-order valence-electron chi connectivity index (χ2n) is 7.05. The van der Waals surface area contributed by atoms with Crippen LogP contribution in [0.25, 0.3) is 11.3 Å². The smallest absolute Gasteiger partial charge is 0.353 e. The number of rotatable bonds is 8. The molecule has 0 bridgehead atoms. The van der Waals surface area contributed by atoms with E-state index in [1.54, 1.807) is 49.4 Å². The predicted molar refractivity (Wildman–Crippen MR) is 111 cm³/mol. The van der Waals surface area contributed by atoms with Crippen molar-refractivity contribution >= 4 is 17.8 Å². The highest BCUT2D eigenvalue weighted by molar-refractivity contribution is 5.96. The summed E-state index contributed by atoms with van der Waals surface area (Å²) in [6.45, 7) is 1.79. The first-order valence-electron chi connectivity index (χ1n) is 9.41. The Hall–Kier alpha value is -3.98. The number of H-pyrrole nitrogens is 1. The van der Waals surface area contributed by atoms with Crippen molar-refractivity contribution in [3.63, 3.8) is 0 Å². The number of nitrogens with zero attached hydrogens (tertiary/aromatic N) is 1. The van der Waals surface area contributed by atoms with Crippen LogP contribution in [0, 0.1) is 6.92 Å². The first kappa shape index (κ1) is 21.7. The molecule has 3 rings (SSSR count). The van der Waals surface area contributed by atoms with Crippen LogP contribution in [0.15, 0.2) is 54.6 Å². The number of hydrogen-bond donors (Lipinski definition) is 5. The average Bonchev–Trinajstić information content (AvgIpc) is 3.24. The maximum absolute atomic E-state index is 12.8.